The average molecular weight is 511 g/mol. The predicted molar refractivity (Wildman–Crippen MR) is 130 cm³/mol. The molecule has 0 saturated heterocycles. The highest BCUT2D eigenvalue weighted by Crippen LogP contribution is 2.37. The van der Waals surface area contributed by atoms with Crippen LogP contribution < -0.4 is 9.64 Å². The maximum atomic E-state index is 13.1. The molecule has 1 fully saturated rings. The number of pyridine rings is 1. The number of aromatic carboxylic acids is 1. The van der Waals surface area contributed by atoms with E-state index < -0.39 is 23.6 Å². The lowest BCUT2D eigenvalue weighted by Gasteiger charge is -2.28. The Hall–Kier alpha value is -3.14. The summed E-state index contributed by atoms with van der Waals surface area (Å²) < 4.78 is 49.5. The summed E-state index contributed by atoms with van der Waals surface area (Å²) >= 11 is 0. The number of alkyl halides is 3. The normalized spacial score (nSPS) is 18.4. The van der Waals surface area contributed by atoms with Crippen LogP contribution in [0.1, 0.15) is 55.5 Å². The van der Waals surface area contributed by atoms with Gasteiger partial charge in [0.1, 0.15) is 17.6 Å². The van der Waals surface area contributed by atoms with E-state index in [1.807, 2.05) is 6.92 Å². The number of aromatic nitrogens is 1. The Morgan fingerprint density at radius 2 is 1.92 bits per heavy atom. The number of carboxylic acids is 1. The van der Waals surface area contributed by atoms with E-state index in [2.05, 4.69) is 11.9 Å². The largest absolute Gasteiger partial charge is 0.478 e. The smallest absolute Gasteiger partial charge is 0.421 e. The van der Waals surface area contributed by atoms with Crippen molar-refractivity contribution >= 4 is 17.9 Å². The van der Waals surface area contributed by atoms with Gasteiger partial charge >= 0.3 is 12.1 Å². The summed E-state index contributed by atoms with van der Waals surface area (Å²) in [6, 6.07) is 5.91. The van der Waals surface area contributed by atoms with Crippen LogP contribution in [0.25, 0.3) is 0 Å². The number of carbonyl (C=O) groups excluding carboxylic acids is 1. The first-order chi connectivity index (χ1) is 17.0. The second kappa shape index (κ2) is 13.2. The summed E-state index contributed by atoms with van der Waals surface area (Å²) in [5.74, 6) is -0.685. The molecule has 0 amide bonds. The molecule has 1 unspecified atom stereocenters. The first kappa shape index (κ1) is 29.1. The van der Waals surface area contributed by atoms with Crippen LogP contribution in [0, 0.1) is 11.8 Å². The highest BCUT2D eigenvalue weighted by molar-refractivity contribution is 5.95. The van der Waals surface area contributed by atoms with E-state index in [-0.39, 0.29) is 17.4 Å². The zero-order valence-electron chi connectivity index (χ0n) is 20.9. The van der Waals surface area contributed by atoms with Crippen LogP contribution in [-0.2, 0) is 15.7 Å². The number of carboxylic acid groups (broad SMARTS) is 1. The second-order valence-corrected chi connectivity index (χ2v) is 9.01. The fraction of sp³-hybridized carbons (Fsp3) is 0.500. The van der Waals surface area contributed by atoms with Crippen LogP contribution in [0.15, 0.2) is 36.5 Å². The van der Waals surface area contributed by atoms with Gasteiger partial charge < -0.3 is 24.3 Å². The summed E-state index contributed by atoms with van der Waals surface area (Å²) in [5.41, 5.74) is -0.768. The van der Waals surface area contributed by atoms with Crippen molar-refractivity contribution in [2.45, 2.75) is 51.7 Å². The topological polar surface area (TPSA) is 89.0 Å². The van der Waals surface area contributed by atoms with Gasteiger partial charge in [-0.3, -0.25) is 0 Å². The van der Waals surface area contributed by atoms with E-state index >= 15 is 0 Å². The molecular formula is C26H33F3N2O5. The maximum Gasteiger partial charge on any atom is 0.421 e. The monoisotopic (exact) mass is 510 g/mol. The van der Waals surface area contributed by atoms with Crippen LogP contribution in [0.3, 0.4) is 0 Å². The molecule has 0 spiro atoms. The van der Waals surface area contributed by atoms with Crippen molar-refractivity contribution in [1.29, 1.82) is 0 Å². The lowest BCUT2D eigenvalue weighted by molar-refractivity contribution is -0.138. The molecule has 1 aliphatic carbocycles. The lowest BCUT2D eigenvalue weighted by atomic mass is 9.84. The van der Waals surface area contributed by atoms with Gasteiger partial charge in [0.25, 0.3) is 0 Å². The number of methoxy groups -OCH3 is 1. The molecule has 36 heavy (non-hydrogen) atoms. The Morgan fingerprint density at radius 1 is 1.25 bits per heavy atom. The van der Waals surface area contributed by atoms with E-state index in [1.165, 1.54) is 38.2 Å². The van der Waals surface area contributed by atoms with Crippen LogP contribution in [0.2, 0.25) is 0 Å². The fourth-order valence-electron chi connectivity index (χ4n) is 3.87. The van der Waals surface area contributed by atoms with Gasteiger partial charge in [-0.2, -0.15) is 13.2 Å². The molecule has 7 nitrogen and oxygen atoms in total. The van der Waals surface area contributed by atoms with Gasteiger partial charge in [0.15, 0.2) is 0 Å². The van der Waals surface area contributed by atoms with Crippen LogP contribution in [-0.4, -0.2) is 49.2 Å². The summed E-state index contributed by atoms with van der Waals surface area (Å²) in [6.45, 7) is 4.49. The lowest BCUT2D eigenvalue weighted by Crippen LogP contribution is -2.33. The SMILES string of the molecule is CC1CCC(C=O)CC1.COCC(C)N(C)c1ccc(Oc2ncccc2C(F)(F)F)cc1C(=O)O. The highest BCUT2D eigenvalue weighted by atomic mass is 19.4. The summed E-state index contributed by atoms with van der Waals surface area (Å²) in [5, 5.41) is 9.49. The molecule has 0 aliphatic heterocycles. The van der Waals surface area contributed by atoms with Crippen molar-refractivity contribution < 1.29 is 37.3 Å². The molecule has 0 bridgehead atoms. The minimum Gasteiger partial charge on any atom is -0.478 e. The molecule has 3 rings (SSSR count). The van der Waals surface area contributed by atoms with Gasteiger partial charge in [-0.15, -0.1) is 0 Å². The van der Waals surface area contributed by atoms with Gasteiger partial charge in [0.2, 0.25) is 5.88 Å². The first-order valence-corrected chi connectivity index (χ1v) is 11.7. The molecule has 1 heterocycles. The Bertz CT molecular complexity index is 1010. The van der Waals surface area contributed by atoms with Gasteiger partial charge in [-0.25, -0.2) is 9.78 Å². The fourth-order valence-corrected chi connectivity index (χ4v) is 3.87. The van der Waals surface area contributed by atoms with Crippen LogP contribution in [0.4, 0.5) is 18.9 Å². The molecule has 1 aromatic heterocycles. The first-order valence-electron chi connectivity index (χ1n) is 11.7. The summed E-state index contributed by atoms with van der Waals surface area (Å²) in [7, 11) is 3.23. The molecule has 1 aromatic carbocycles. The van der Waals surface area contributed by atoms with Crippen molar-refractivity contribution in [2.75, 3.05) is 25.7 Å². The van der Waals surface area contributed by atoms with Crippen molar-refractivity contribution in [3.8, 4) is 11.6 Å². The van der Waals surface area contributed by atoms with E-state index in [9.17, 15) is 27.9 Å². The number of halogens is 3. The summed E-state index contributed by atoms with van der Waals surface area (Å²) in [4.78, 5) is 27.2. The number of nitrogens with zero attached hydrogens (tertiary/aromatic N) is 2. The zero-order valence-corrected chi connectivity index (χ0v) is 20.9. The standard InChI is InChI=1S/C18H19F3N2O4.C8H14O/c1-11(10-26-3)23(2)15-7-6-12(9-13(15)17(24)25)27-16-14(18(19,20)21)5-4-8-22-16;1-7-2-4-8(6-9)5-3-7/h4-9,11H,10H2,1-3H3,(H,24,25);6-8H,2-5H2,1H3. The quantitative estimate of drug-likeness (QED) is 0.431. The van der Waals surface area contributed by atoms with Gasteiger partial charge in [0, 0.05) is 32.3 Å². The minimum absolute atomic E-state index is 0.0619. The number of anilines is 1. The number of hydrogen-bond acceptors (Lipinski definition) is 6. The van der Waals surface area contributed by atoms with Crippen molar-refractivity contribution in [2.24, 2.45) is 11.8 Å². The molecular weight excluding hydrogens is 477 g/mol. The van der Waals surface area contributed by atoms with E-state index in [1.54, 1.807) is 11.9 Å². The maximum absolute atomic E-state index is 13.1. The number of aldehydes is 1. The Kier molecular flexibility index (Phi) is 10.7. The summed E-state index contributed by atoms with van der Waals surface area (Å²) in [6.07, 6.45) is 2.40. The number of hydrogen-bond donors (Lipinski definition) is 1. The zero-order chi connectivity index (χ0) is 26.9. The van der Waals surface area contributed by atoms with Gasteiger partial charge in [-0.1, -0.05) is 19.8 Å². The third kappa shape index (κ3) is 8.22. The van der Waals surface area contributed by atoms with Gasteiger partial charge in [0.05, 0.1) is 17.9 Å². The Balaban J connectivity index is 0.000000425. The number of carbonyl (C=O) groups is 2. The van der Waals surface area contributed by atoms with Crippen LogP contribution in [0.5, 0.6) is 11.6 Å². The molecule has 2 aromatic rings. The Morgan fingerprint density at radius 3 is 2.47 bits per heavy atom. The van der Waals surface area contributed by atoms with E-state index in [0.717, 1.165) is 43.4 Å². The molecule has 1 aliphatic rings. The predicted octanol–water partition coefficient (Wildman–Crippen LogP) is 6.07. The average Bonchev–Trinajstić information content (AvgIpc) is 2.84. The third-order valence-corrected chi connectivity index (χ3v) is 6.19. The Labute approximate surface area is 209 Å². The molecule has 0 radical (unpaired) electrons. The second-order valence-electron chi connectivity index (χ2n) is 9.01. The third-order valence-electron chi connectivity index (χ3n) is 6.19. The molecule has 10 heteroatoms. The number of rotatable bonds is 8. The van der Waals surface area contributed by atoms with E-state index in [0.29, 0.717) is 18.2 Å². The molecule has 198 valence electrons. The van der Waals surface area contributed by atoms with Crippen molar-refractivity contribution in [3.63, 3.8) is 0 Å². The van der Waals surface area contributed by atoms with Gasteiger partial charge in [-0.05, 0) is 56.0 Å². The van der Waals surface area contributed by atoms with Crippen molar-refractivity contribution in [1.82, 2.24) is 4.98 Å². The van der Waals surface area contributed by atoms with Crippen molar-refractivity contribution in [3.05, 3.63) is 47.7 Å². The molecule has 1 saturated carbocycles. The molecule has 1 N–H and O–H groups in total. The number of ether oxygens (including phenoxy) is 2. The number of benzene rings is 1. The molecule has 1 atom stereocenters. The minimum atomic E-state index is -4.64. The number of likely N-dealkylation sites (N-methyl/N-ethyl adjacent to an activating group) is 1. The van der Waals surface area contributed by atoms with E-state index in [4.69, 9.17) is 9.47 Å². The highest BCUT2D eigenvalue weighted by Gasteiger charge is 2.35. The van der Waals surface area contributed by atoms with Crippen LogP contribution >= 0.6 is 0 Å².